The van der Waals surface area contributed by atoms with Gasteiger partial charge in [-0.2, -0.15) is 5.10 Å². The summed E-state index contributed by atoms with van der Waals surface area (Å²) >= 11 is 0. The smallest absolute Gasteiger partial charge is 0.124 e. The molecule has 4 heteroatoms. The minimum atomic E-state index is -0.254. The van der Waals surface area contributed by atoms with Crippen molar-refractivity contribution in [2.45, 2.75) is 31.9 Å². The SMILES string of the molecule is CC1(C)[C@@H](O)CCN1c1ccn[nH]1. The average molecular weight is 181 g/mol. The van der Waals surface area contributed by atoms with Gasteiger partial charge >= 0.3 is 0 Å². The highest BCUT2D eigenvalue weighted by Gasteiger charge is 2.40. The zero-order chi connectivity index (χ0) is 9.47. The van der Waals surface area contributed by atoms with Crippen LogP contribution < -0.4 is 4.90 Å². The van der Waals surface area contributed by atoms with Crippen molar-refractivity contribution in [3.8, 4) is 0 Å². The quantitative estimate of drug-likeness (QED) is 0.672. The molecule has 2 rings (SSSR count). The first-order chi connectivity index (χ1) is 6.12. The van der Waals surface area contributed by atoms with Gasteiger partial charge in [-0.25, -0.2) is 0 Å². The molecule has 1 aliphatic heterocycles. The van der Waals surface area contributed by atoms with Crippen molar-refractivity contribution >= 4 is 5.82 Å². The van der Waals surface area contributed by atoms with Gasteiger partial charge in [0.15, 0.2) is 0 Å². The fraction of sp³-hybridized carbons (Fsp3) is 0.667. The lowest BCUT2D eigenvalue weighted by atomic mass is 9.99. The third-order valence-corrected chi connectivity index (χ3v) is 2.91. The van der Waals surface area contributed by atoms with Gasteiger partial charge in [0.05, 0.1) is 17.8 Å². The zero-order valence-electron chi connectivity index (χ0n) is 7.99. The molecule has 0 bridgehead atoms. The van der Waals surface area contributed by atoms with E-state index in [1.807, 2.05) is 19.9 Å². The summed E-state index contributed by atoms with van der Waals surface area (Å²) < 4.78 is 0. The van der Waals surface area contributed by atoms with Crippen LogP contribution >= 0.6 is 0 Å². The first-order valence-corrected chi connectivity index (χ1v) is 4.57. The number of aromatic amines is 1. The van der Waals surface area contributed by atoms with E-state index in [-0.39, 0.29) is 11.6 Å². The summed E-state index contributed by atoms with van der Waals surface area (Å²) in [5.74, 6) is 0.988. The molecule has 0 amide bonds. The summed E-state index contributed by atoms with van der Waals surface area (Å²) in [6, 6.07) is 1.93. The van der Waals surface area contributed by atoms with Crippen LogP contribution in [0, 0.1) is 0 Å². The lowest BCUT2D eigenvalue weighted by Crippen LogP contribution is -2.45. The maximum absolute atomic E-state index is 9.75. The van der Waals surface area contributed by atoms with Crippen molar-refractivity contribution in [1.29, 1.82) is 0 Å². The number of nitrogens with zero attached hydrogens (tertiary/aromatic N) is 2. The van der Waals surface area contributed by atoms with Gasteiger partial charge in [0.25, 0.3) is 0 Å². The maximum atomic E-state index is 9.75. The third-order valence-electron chi connectivity index (χ3n) is 2.91. The highest BCUT2D eigenvalue weighted by Crippen LogP contribution is 2.32. The van der Waals surface area contributed by atoms with Crippen molar-refractivity contribution in [3.05, 3.63) is 12.3 Å². The van der Waals surface area contributed by atoms with Crippen molar-refractivity contribution in [2.75, 3.05) is 11.4 Å². The van der Waals surface area contributed by atoms with Crippen molar-refractivity contribution in [2.24, 2.45) is 0 Å². The molecular weight excluding hydrogens is 166 g/mol. The van der Waals surface area contributed by atoms with Crippen LogP contribution in [0.4, 0.5) is 5.82 Å². The van der Waals surface area contributed by atoms with E-state index in [9.17, 15) is 5.11 Å². The minimum Gasteiger partial charge on any atom is -0.391 e. The molecule has 1 aromatic heterocycles. The van der Waals surface area contributed by atoms with Crippen LogP contribution in [0.15, 0.2) is 12.3 Å². The van der Waals surface area contributed by atoms with Crippen LogP contribution in [-0.2, 0) is 0 Å². The monoisotopic (exact) mass is 181 g/mol. The molecule has 0 unspecified atom stereocenters. The standard InChI is InChI=1S/C9H15N3O/c1-9(2)7(13)4-6-12(9)8-3-5-10-11-8/h3,5,7,13H,4,6H2,1-2H3,(H,10,11)/t7-/m0/s1. The molecule has 13 heavy (non-hydrogen) atoms. The van der Waals surface area contributed by atoms with Gasteiger partial charge in [0, 0.05) is 12.6 Å². The Hall–Kier alpha value is -1.03. The van der Waals surface area contributed by atoms with E-state index in [4.69, 9.17) is 0 Å². The Balaban J connectivity index is 2.27. The number of aromatic nitrogens is 2. The lowest BCUT2D eigenvalue weighted by Gasteiger charge is -2.34. The normalized spacial score (nSPS) is 26.7. The van der Waals surface area contributed by atoms with Gasteiger partial charge in [-0.05, 0) is 20.3 Å². The molecule has 0 aliphatic carbocycles. The number of aliphatic hydroxyl groups is 1. The Morgan fingerprint density at radius 1 is 1.69 bits per heavy atom. The number of H-pyrrole nitrogens is 1. The molecule has 0 spiro atoms. The topological polar surface area (TPSA) is 52.1 Å². The van der Waals surface area contributed by atoms with E-state index in [0.717, 1.165) is 18.8 Å². The lowest BCUT2D eigenvalue weighted by molar-refractivity contribution is 0.127. The highest BCUT2D eigenvalue weighted by atomic mass is 16.3. The molecule has 1 fully saturated rings. The molecule has 4 nitrogen and oxygen atoms in total. The Morgan fingerprint density at radius 2 is 2.46 bits per heavy atom. The molecule has 1 saturated heterocycles. The first-order valence-electron chi connectivity index (χ1n) is 4.57. The van der Waals surface area contributed by atoms with Gasteiger partial charge in [-0.15, -0.1) is 0 Å². The molecular formula is C9H15N3O. The Labute approximate surface area is 77.6 Å². The number of aliphatic hydroxyl groups excluding tert-OH is 1. The Bertz CT molecular complexity index is 281. The third kappa shape index (κ3) is 1.21. The van der Waals surface area contributed by atoms with E-state index in [1.165, 1.54) is 0 Å². The largest absolute Gasteiger partial charge is 0.391 e. The highest BCUT2D eigenvalue weighted by molar-refractivity contribution is 5.42. The second kappa shape index (κ2) is 2.73. The summed E-state index contributed by atoms with van der Waals surface area (Å²) in [5.41, 5.74) is -0.188. The molecule has 1 aromatic rings. The van der Waals surface area contributed by atoms with Crippen LogP contribution in [0.2, 0.25) is 0 Å². The summed E-state index contributed by atoms with van der Waals surface area (Å²) in [6.07, 6.45) is 2.30. The number of hydrogen-bond donors (Lipinski definition) is 2. The number of nitrogens with one attached hydrogen (secondary N) is 1. The van der Waals surface area contributed by atoms with Gasteiger partial charge in [-0.1, -0.05) is 0 Å². The molecule has 0 radical (unpaired) electrons. The summed E-state index contributed by atoms with van der Waals surface area (Å²) in [5, 5.41) is 16.6. The van der Waals surface area contributed by atoms with Crippen LogP contribution in [0.25, 0.3) is 0 Å². The minimum absolute atomic E-state index is 0.188. The summed E-state index contributed by atoms with van der Waals surface area (Å²) in [7, 11) is 0. The molecule has 1 aliphatic rings. The van der Waals surface area contributed by atoms with Crippen molar-refractivity contribution in [3.63, 3.8) is 0 Å². The van der Waals surface area contributed by atoms with E-state index in [0.29, 0.717) is 0 Å². The fourth-order valence-electron chi connectivity index (χ4n) is 1.90. The molecule has 1 atom stereocenters. The number of anilines is 1. The molecule has 0 aromatic carbocycles. The van der Waals surface area contributed by atoms with Crippen molar-refractivity contribution < 1.29 is 5.11 Å². The number of hydrogen-bond acceptors (Lipinski definition) is 3. The van der Waals surface area contributed by atoms with E-state index >= 15 is 0 Å². The summed E-state index contributed by atoms with van der Waals surface area (Å²) in [6.45, 7) is 4.98. The second-order valence-corrected chi connectivity index (χ2v) is 4.05. The average Bonchev–Trinajstić information content (AvgIpc) is 2.62. The summed E-state index contributed by atoms with van der Waals surface area (Å²) in [4.78, 5) is 2.16. The van der Waals surface area contributed by atoms with Gasteiger partial charge in [-0.3, -0.25) is 5.10 Å². The zero-order valence-corrected chi connectivity index (χ0v) is 7.99. The predicted molar refractivity (Wildman–Crippen MR) is 50.6 cm³/mol. The van der Waals surface area contributed by atoms with Gasteiger partial charge in [0.1, 0.15) is 5.82 Å². The van der Waals surface area contributed by atoms with E-state index < -0.39 is 0 Å². The first kappa shape index (κ1) is 8.56. The molecule has 2 heterocycles. The van der Waals surface area contributed by atoms with Crippen LogP contribution in [0.5, 0.6) is 0 Å². The fourth-order valence-corrected chi connectivity index (χ4v) is 1.90. The molecule has 72 valence electrons. The molecule has 0 saturated carbocycles. The Kier molecular flexibility index (Phi) is 1.80. The Morgan fingerprint density at radius 3 is 2.92 bits per heavy atom. The maximum Gasteiger partial charge on any atom is 0.124 e. The predicted octanol–water partition coefficient (Wildman–Crippen LogP) is 0.759. The van der Waals surface area contributed by atoms with E-state index in [1.54, 1.807) is 6.20 Å². The number of rotatable bonds is 1. The van der Waals surface area contributed by atoms with Gasteiger partial charge < -0.3 is 10.0 Å². The molecule has 2 N–H and O–H groups in total. The van der Waals surface area contributed by atoms with Crippen LogP contribution in [0.3, 0.4) is 0 Å². The van der Waals surface area contributed by atoms with Crippen LogP contribution in [0.1, 0.15) is 20.3 Å². The second-order valence-electron chi connectivity index (χ2n) is 4.05. The van der Waals surface area contributed by atoms with E-state index in [2.05, 4.69) is 15.1 Å². The van der Waals surface area contributed by atoms with Crippen molar-refractivity contribution in [1.82, 2.24) is 10.2 Å². The van der Waals surface area contributed by atoms with Gasteiger partial charge in [0.2, 0.25) is 0 Å². The van der Waals surface area contributed by atoms with Crippen LogP contribution in [-0.4, -0.2) is 33.5 Å².